The Kier molecular flexibility index (Phi) is 3.69. The number of rotatable bonds is 3. The summed E-state index contributed by atoms with van der Waals surface area (Å²) in [5.74, 6) is 0.104. The van der Waals surface area contributed by atoms with Gasteiger partial charge in [-0.15, -0.1) is 0 Å². The van der Waals surface area contributed by atoms with E-state index in [1.165, 1.54) is 31.9 Å². The summed E-state index contributed by atoms with van der Waals surface area (Å²) in [5.41, 5.74) is 0.106. The molecule has 0 aliphatic carbocycles. The van der Waals surface area contributed by atoms with Gasteiger partial charge in [-0.25, -0.2) is 14.8 Å². The van der Waals surface area contributed by atoms with E-state index < -0.39 is 5.97 Å². The number of nitrogens with zero attached hydrogens (tertiary/aromatic N) is 3. The van der Waals surface area contributed by atoms with Crippen molar-refractivity contribution in [2.45, 2.75) is 0 Å². The Labute approximate surface area is 108 Å². The Morgan fingerprint density at radius 1 is 1.22 bits per heavy atom. The minimum Gasteiger partial charge on any atom is -0.464 e. The highest BCUT2D eigenvalue weighted by atomic mass is 35.5. The molecule has 0 amide bonds. The molecule has 2 aromatic rings. The molecular weight excluding hydrogens is 258 g/mol. The van der Waals surface area contributed by atoms with Gasteiger partial charge >= 0.3 is 5.97 Å². The van der Waals surface area contributed by atoms with Crippen LogP contribution in [0.2, 0.25) is 5.02 Å². The molecule has 0 spiro atoms. The van der Waals surface area contributed by atoms with E-state index in [1.807, 2.05) is 0 Å². The third-order valence-corrected chi connectivity index (χ3v) is 2.13. The van der Waals surface area contributed by atoms with Gasteiger partial charge in [0.25, 0.3) is 0 Å². The van der Waals surface area contributed by atoms with Crippen molar-refractivity contribution in [3.8, 4) is 11.6 Å². The summed E-state index contributed by atoms with van der Waals surface area (Å²) in [6, 6.07) is 1.59. The molecule has 0 radical (unpaired) electrons. The van der Waals surface area contributed by atoms with Crippen LogP contribution in [-0.2, 0) is 4.74 Å². The lowest BCUT2D eigenvalue weighted by atomic mass is 10.4. The number of hydrogen-bond donors (Lipinski definition) is 0. The van der Waals surface area contributed by atoms with Crippen molar-refractivity contribution in [1.82, 2.24) is 15.0 Å². The quantitative estimate of drug-likeness (QED) is 0.791. The first-order valence-corrected chi connectivity index (χ1v) is 5.25. The summed E-state index contributed by atoms with van der Waals surface area (Å²) in [6.07, 6.45) is 5.55. The highest BCUT2D eigenvalue weighted by Gasteiger charge is 2.08. The number of halogens is 1. The van der Waals surface area contributed by atoms with Gasteiger partial charge in [-0.3, -0.25) is 4.98 Å². The van der Waals surface area contributed by atoms with Crippen LogP contribution in [-0.4, -0.2) is 28.0 Å². The predicted octanol–water partition coefficient (Wildman–Crippen LogP) is 2.10. The Morgan fingerprint density at radius 3 is 2.67 bits per heavy atom. The Hall–Kier alpha value is -2.21. The van der Waals surface area contributed by atoms with Crippen LogP contribution in [0.4, 0.5) is 0 Å². The third kappa shape index (κ3) is 2.92. The number of methoxy groups -OCH3 is 1. The number of carbonyl (C=O) groups is 1. The lowest BCUT2D eigenvalue weighted by Crippen LogP contribution is -2.04. The Bertz CT molecular complexity index is 560. The summed E-state index contributed by atoms with van der Waals surface area (Å²) in [7, 11) is 1.27. The SMILES string of the molecule is COC(=O)c1cnc(Oc2cncc(Cl)c2)cn1. The van der Waals surface area contributed by atoms with E-state index in [1.54, 1.807) is 6.07 Å². The van der Waals surface area contributed by atoms with Gasteiger partial charge in [-0.2, -0.15) is 0 Å². The first kappa shape index (κ1) is 12.3. The zero-order valence-electron chi connectivity index (χ0n) is 9.33. The standard InChI is InChI=1S/C11H8ClN3O3/c1-17-11(16)9-5-15-10(6-14-9)18-8-2-7(12)3-13-4-8/h2-6H,1H3. The van der Waals surface area contributed by atoms with Crippen LogP contribution in [0.3, 0.4) is 0 Å². The van der Waals surface area contributed by atoms with Crippen LogP contribution in [0.5, 0.6) is 11.6 Å². The highest BCUT2D eigenvalue weighted by Crippen LogP contribution is 2.20. The second-order valence-corrected chi connectivity index (χ2v) is 3.61. The monoisotopic (exact) mass is 265 g/mol. The van der Waals surface area contributed by atoms with Crippen LogP contribution in [0.15, 0.2) is 30.9 Å². The van der Waals surface area contributed by atoms with Crippen molar-refractivity contribution in [2.24, 2.45) is 0 Å². The van der Waals surface area contributed by atoms with Gasteiger partial charge in [0.1, 0.15) is 5.75 Å². The van der Waals surface area contributed by atoms with Gasteiger partial charge < -0.3 is 9.47 Å². The summed E-state index contributed by atoms with van der Waals surface area (Å²) in [4.78, 5) is 22.8. The number of pyridine rings is 1. The van der Waals surface area contributed by atoms with E-state index >= 15 is 0 Å². The molecule has 0 aliphatic heterocycles. The summed E-state index contributed by atoms with van der Waals surface area (Å²) in [6.45, 7) is 0. The van der Waals surface area contributed by atoms with Crippen molar-refractivity contribution in [1.29, 1.82) is 0 Å². The molecular formula is C11H8ClN3O3. The minimum atomic E-state index is -0.557. The number of carbonyl (C=O) groups excluding carboxylic acids is 1. The molecule has 2 aromatic heterocycles. The second-order valence-electron chi connectivity index (χ2n) is 3.17. The Balaban J connectivity index is 2.13. The van der Waals surface area contributed by atoms with Gasteiger partial charge in [0.15, 0.2) is 5.69 Å². The van der Waals surface area contributed by atoms with E-state index in [9.17, 15) is 4.79 Å². The molecule has 0 fully saturated rings. The molecule has 0 N–H and O–H groups in total. The molecule has 0 aliphatic rings. The van der Waals surface area contributed by atoms with Gasteiger partial charge in [-0.05, 0) is 0 Å². The predicted molar refractivity (Wildman–Crippen MR) is 62.7 cm³/mol. The molecule has 0 saturated heterocycles. The fraction of sp³-hybridized carbons (Fsp3) is 0.0909. The van der Waals surface area contributed by atoms with Crippen LogP contribution in [0.1, 0.15) is 10.5 Å². The van der Waals surface area contributed by atoms with E-state index in [0.29, 0.717) is 10.8 Å². The van der Waals surface area contributed by atoms with E-state index in [0.717, 1.165) is 0 Å². The highest BCUT2D eigenvalue weighted by molar-refractivity contribution is 6.30. The fourth-order valence-corrected chi connectivity index (χ4v) is 1.31. The van der Waals surface area contributed by atoms with Crippen LogP contribution < -0.4 is 4.74 Å². The zero-order chi connectivity index (χ0) is 13.0. The van der Waals surface area contributed by atoms with Gasteiger partial charge in [0.2, 0.25) is 5.88 Å². The van der Waals surface area contributed by atoms with Crippen LogP contribution >= 0.6 is 11.6 Å². The van der Waals surface area contributed by atoms with Crippen molar-refractivity contribution in [2.75, 3.05) is 7.11 Å². The van der Waals surface area contributed by atoms with Crippen molar-refractivity contribution in [3.05, 3.63) is 41.6 Å². The third-order valence-electron chi connectivity index (χ3n) is 1.92. The second kappa shape index (κ2) is 5.42. The number of esters is 1. The Morgan fingerprint density at radius 2 is 2.06 bits per heavy atom. The molecule has 18 heavy (non-hydrogen) atoms. The maximum atomic E-state index is 11.1. The van der Waals surface area contributed by atoms with Gasteiger partial charge in [0, 0.05) is 12.3 Å². The zero-order valence-corrected chi connectivity index (χ0v) is 10.1. The summed E-state index contributed by atoms with van der Waals surface area (Å²) in [5, 5.41) is 0.451. The first-order chi connectivity index (χ1) is 8.69. The lowest BCUT2D eigenvalue weighted by Gasteiger charge is -2.04. The fourth-order valence-electron chi connectivity index (χ4n) is 1.15. The van der Waals surface area contributed by atoms with Crippen LogP contribution in [0.25, 0.3) is 0 Å². The smallest absolute Gasteiger partial charge is 0.358 e. The largest absolute Gasteiger partial charge is 0.464 e. The van der Waals surface area contributed by atoms with Crippen molar-refractivity contribution in [3.63, 3.8) is 0 Å². The van der Waals surface area contributed by atoms with E-state index in [2.05, 4.69) is 19.7 Å². The normalized spacial score (nSPS) is 9.89. The average molecular weight is 266 g/mol. The summed E-state index contributed by atoms with van der Waals surface area (Å²) >= 11 is 5.76. The van der Waals surface area contributed by atoms with Gasteiger partial charge in [-0.1, -0.05) is 11.6 Å². The number of aromatic nitrogens is 3. The molecule has 6 nitrogen and oxygen atoms in total. The molecule has 7 heteroatoms. The van der Waals surface area contributed by atoms with Crippen molar-refractivity contribution < 1.29 is 14.3 Å². The maximum absolute atomic E-state index is 11.1. The van der Waals surface area contributed by atoms with Crippen molar-refractivity contribution >= 4 is 17.6 Å². The molecule has 0 atom stereocenters. The van der Waals surface area contributed by atoms with Crippen LogP contribution in [0, 0.1) is 0 Å². The minimum absolute atomic E-state index is 0.106. The average Bonchev–Trinajstić information content (AvgIpc) is 2.39. The van der Waals surface area contributed by atoms with E-state index in [4.69, 9.17) is 16.3 Å². The van der Waals surface area contributed by atoms with E-state index in [-0.39, 0.29) is 11.6 Å². The molecule has 0 bridgehead atoms. The molecule has 2 rings (SSSR count). The molecule has 0 aromatic carbocycles. The molecule has 92 valence electrons. The molecule has 2 heterocycles. The first-order valence-electron chi connectivity index (χ1n) is 4.88. The maximum Gasteiger partial charge on any atom is 0.358 e. The van der Waals surface area contributed by atoms with Gasteiger partial charge in [0.05, 0.1) is 30.7 Å². The topological polar surface area (TPSA) is 74.2 Å². The summed E-state index contributed by atoms with van der Waals surface area (Å²) < 4.78 is 9.86. The number of hydrogen-bond acceptors (Lipinski definition) is 6. The number of ether oxygens (including phenoxy) is 2. The lowest BCUT2D eigenvalue weighted by molar-refractivity contribution is 0.0593. The molecule has 0 unspecified atom stereocenters. The molecule has 0 saturated carbocycles.